The van der Waals surface area contributed by atoms with E-state index in [4.69, 9.17) is 9.47 Å². The Kier molecular flexibility index (Phi) is 8.61. The summed E-state index contributed by atoms with van der Waals surface area (Å²) in [6.07, 6.45) is 0.881. The Bertz CT molecular complexity index is 734. The summed E-state index contributed by atoms with van der Waals surface area (Å²) in [5, 5.41) is 0. The van der Waals surface area contributed by atoms with Crippen LogP contribution < -0.4 is 0 Å². The summed E-state index contributed by atoms with van der Waals surface area (Å²) < 4.78 is 24.2. The number of amides is 1. The van der Waals surface area contributed by atoms with Crippen molar-refractivity contribution in [1.82, 2.24) is 9.80 Å². The quantitative estimate of drug-likeness (QED) is 0.615. The normalized spacial score (nSPS) is 14.7. The number of ether oxygens (including phenoxy) is 2. The minimum absolute atomic E-state index is 0.0354. The van der Waals surface area contributed by atoms with Crippen molar-refractivity contribution in [1.29, 1.82) is 0 Å². The second-order valence-corrected chi connectivity index (χ2v) is 7.23. The molecule has 29 heavy (non-hydrogen) atoms. The first-order valence-electron chi connectivity index (χ1n) is 10.1. The second kappa shape index (κ2) is 11.7. The van der Waals surface area contributed by atoms with Gasteiger partial charge in [0, 0.05) is 32.7 Å². The van der Waals surface area contributed by atoms with E-state index < -0.39 is 0 Å². The van der Waals surface area contributed by atoms with E-state index in [0.29, 0.717) is 19.7 Å². The Morgan fingerprint density at radius 2 is 1.76 bits per heavy atom. The van der Waals surface area contributed by atoms with Gasteiger partial charge in [-0.1, -0.05) is 42.5 Å². The first kappa shape index (κ1) is 21.4. The third-order valence-corrected chi connectivity index (χ3v) is 4.98. The van der Waals surface area contributed by atoms with Crippen LogP contribution in [0.1, 0.15) is 17.5 Å². The van der Waals surface area contributed by atoms with Gasteiger partial charge < -0.3 is 14.4 Å². The average molecular weight is 400 g/mol. The van der Waals surface area contributed by atoms with Crippen molar-refractivity contribution in [3.63, 3.8) is 0 Å². The maximum absolute atomic E-state index is 13.2. The summed E-state index contributed by atoms with van der Waals surface area (Å²) in [6.45, 7) is 5.88. The monoisotopic (exact) mass is 400 g/mol. The molecule has 1 saturated heterocycles. The number of carbonyl (C=O) groups is 1. The molecule has 0 radical (unpaired) electrons. The van der Waals surface area contributed by atoms with Gasteiger partial charge in [0.05, 0.1) is 19.8 Å². The number of benzene rings is 2. The summed E-state index contributed by atoms with van der Waals surface area (Å²) in [6, 6.07) is 16.1. The molecule has 0 aliphatic carbocycles. The number of hydrogen-bond donors (Lipinski definition) is 0. The summed E-state index contributed by atoms with van der Waals surface area (Å²) in [7, 11) is 0. The van der Waals surface area contributed by atoms with Gasteiger partial charge in [-0.2, -0.15) is 0 Å². The molecule has 0 spiro atoms. The van der Waals surface area contributed by atoms with E-state index in [2.05, 4.69) is 4.90 Å². The van der Waals surface area contributed by atoms with Crippen LogP contribution in [-0.2, 0) is 27.4 Å². The topological polar surface area (TPSA) is 42.0 Å². The molecule has 0 aromatic heterocycles. The Morgan fingerprint density at radius 1 is 1.03 bits per heavy atom. The van der Waals surface area contributed by atoms with Crippen LogP contribution in [0.4, 0.5) is 4.39 Å². The van der Waals surface area contributed by atoms with Gasteiger partial charge in [0.1, 0.15) is 12.4 Å². The minimum Gasteiger partial charge on any atom is -0.379 e. The van der Waals surface area contributed by atoms with Crippen LogP contribution in [0.3, 0.4) is 0 Å². The summed E-state index contributed by atoms with van der Waals surface area (Å²) in [4.78, 5) is 16.9. The molecule has 6 heteroatoms. The number of rotatable bonds is 10. The molecular weight excluding hydrogens is 371 g/mol. The Morgan fingerprint density at radius 3 is 2.48 bits per heavy atom. The first-order valence-corrected chi connectivity index (χ1v) is 10.1. The van der Waals surface area contributed by atoms with Gasteiger partial charge in [0.25, 0.3) is 0 Å². The first-order chi connectivity index (χ1) is 14.2. The lowest BCUT2D eigenvalue weighted by Crippen LogP contribution is -2.39. The van der Waals surface area contributed by atoms with Gasteiger partial charge in [0.15, 0.2) is 0 Å². The maximum Gasteiger partial charge on any atom is 0.248 e. The van der Waals surface area contributed by atoms with Crippen molar-refractivity contribution >= 4 is 5.91 Å². The highest BCUT2D eigenvalue weighted by molar-refractivity contribution is 5.77. The summed E-state index contributed by atoms with van der Waals surface area (Å²) >= 11 is 0. The fourth-order valence-electron chi connectivity index (χ4n) is 3.33. The molecular formula is C23H29FN2O3. The van der Waals surface area contributed by atoms with E-state index >= 15 is 0 Å². The lowest BCUT2D eigenvalue weighted by molar-refractivity contribution is -0.137. The van der Waals surface area contributed by atoms with E-state index in [1.807, 2.05) is 30.3 Å². The molecule has 3 rings (SSSR count). The van der Waals surface area contributed by atoms with Crippen molar-refractivity contribution in [2.24, 2.45) is 0 Å². The van der Waals surface area contributed by atoms with Gasteiger partial charge in [-0.05, 0) is 29.7 Å². The predicted molar refractivity (Wildman–Crippen MR) is 110 cm³/mol. The largest absolute Gasteiger partial charge is 0.379 e. The van der Waals surface area contributed by atoms with Crippen LogP contribution in [0.25, 0.3) is 0 Å². The fraction of sp³-hybridized carbons (Fsp3) is 0.435. The molecule has 1 amide bonds. The summed E-state index contributed by atoms with van der Waals surface area (Å²) in [5.74, 6) is -0.322. The van der Waals surface area contributed by atoms with Crippen molar-refractivity contribution in [2.75, 3.05) is 46.0 Å². The second-order valence-electron chi connectivity index (χ2n) is 7.23. The number of carbonyl (C=O) groups excluding carboxylic acids is 1. The minimum atomic E-state index is -0.273. The van der Waals surface area contributed by atoms with Crippen molar-refractivity contribution in [2.45, 2.75) is 19.6 Å². The highest BCUT2D eigenvalue weighted by Crippen LogP contribution is 2.09. The van der Waals surface area contributed by atoms with Gasteiger partial charge in [-0.15, -0.1) is 0 Å². The number of hydrogen-bond acceptors (Lipinski definition) is 4. The van der Waals surface area contributed by atoms with Gasteiger partial charge >= 0.3 is 0 Å². The standard InChI is InChI=1S/C23H29FN2O3/c24-22-9-7-20(8-10-22)17-26(12-4-11-25-13-15-28-16-14-25)23(27)19-29-18-21-5-2-1-3-6-21/h1-3,5-10H,4,11-19H2. The molecule has 1 aliphatic rings. The molecule has 2 aromatic carbocycles. The molecule has 1 heterocycles. The van der Waals surface area contributed by atoms with Crippen LogP contribution in [0, 0.1) is 5.82 Å². The highest BCUT2D eigenvalue weighted by Gasteiger charge is 2.16. The third-order valence-electron chi connectivity index (χ3n) is 4.98. The van der Waals surface area contributed by atoms with Crippen LogP contribution in [0.5, 0.6) is 0 Å². The molecule has 1 fully saturated rings. The van der Waals surface area contributed by atoms with Crippen molar-refractivity contribution in [3.05, 3.63) is 71.5 Å². The molecule has 2 aromatic rings. The summed E-state index contributed by atoms with van der Waals surface area (Å²) in [5.41, 5.74) is 1.95. The molecule has 0 unspecified atom stereocenters. The van der Waals surface area contributed by atoms with E-state index in [-0.39, 0.29) is 18.3 Å². The molecule has 0 bridgehead atoms. The zero-order valence-electron chi connectivity index (χ0n) is 16.8. The average Bonchev–Trinajstić information content (AvgIpc) is 2.76. The van der Waals surface area contributed by atoms with Crippen molar-refractivity contribution in [3.8, 4) is 0 Å². The van der Waals surface area contributed by atoms with Gasteiger partial charge in [-0.3, -0.25) is 9.69 Å². The smallest absolute Gasteiger partial charge is 0.248 e. The number of halogens is 1. The van der Waals surface area contributed by atoms with Crippen LogP contribution in [0.15, 0.2) is 54.6 Å². The zero-order valence-corrected chi connectivity index (χ0v) is 16.8. The maximum atomic E-state index is 13.2. The third kappa shape index (κ3) is 7.57. The van der Waals surface area contributed by atoms with Crippen LogP contribution >= 0.6 is 0 Å². The zero-order chi connectivity index (χ0) is 20.3. The highest BCUT2D eigenvalue weighted by atomic mass is 19.1. The van der Waals surface area contributed by atoms with Gasteiger partial charge in [0.2, 0.25) is 5.91 Å². The Labute approximate surface area is 172 Å². The van der Waals surface area contributed by atoms with Gasteiger partial charge in [-0.25, -0.2) is 4.39 Å². The Balaban J connectivity index is 1.51. The molecule has 0 N–H and O–H groups in total. The van der Waals surface area contributed by atoms with Crippen LogP contribution in [-0.4, -0.2) is 61.7 Å². The number of morpholine rings is 1. The van der Waals surface area contributed by atoms with E-state index in [9.17, 15) is 9.18 Å². The fourth-order valence-corrected chi connectivity index (χ4v) is 3.33. The molecule has 1 aliphatic heterocycles. The van der Waals surface area contributed by atoms with Crippen LogP contribution in [0.2, 0.25) is 0 Å². The number of nitrogens with zero attached hydrogens (tertiary/aromatic N) is 2. The SMILES string of the molecule is O=C(COCc1ccccc1)N(CCCN1CCOCC1)Cc1ccc(F)cc1. The van der Waals surface area contributed by atoms with Crippen molar-refractivity contribution < 1.29 is 18.7 Å². The lowest BCUT2D eigenvalue weighted by atomic mass is 10.2. The van der Waals surface area contributed by atoms with E-state index in [0.717, 1.165) is 50.4 Å². The lowest BCUT2D eigenvalue weighted by Gasteiger charge is -2.28. The Hall–Kier alpha value is -2.28. The molecule has 0 atom stereocenters. The van der Waals surface area contributed by atoms with E-state index in [1.165, 1.54) is 12.1 Å². The molecule has 5 nitrogen and oxygen atoms in total. The molecule has 0 saturated carbocycles. The molecule has 156 valence electrons. The van der Waals surface area contributed by atoms with E-state index in [1.54, 1.807) is 17.0 Å². The predicted octanol–water partition coefficient (Wildman–Crippen LogP) is 3.09.